The summed E-state index contributed by atoms with van der Waals surface area (Å²) >= 11 is 0. The molecule has 0 aliphatic heterocycles. The number of aliphatic carboxylic acids is 1. The van der Waals surface area contributed by atoms with Gasteiger partial charge in [-0.3, -0.25) is 9.59 Å². The lowest BCUT2D eigenvalue weighted by molar-refractivity contribution is -0.142. The van der Waals surface area contributed by atoms with Gasteiger partial charge in [-0.25, -0.2) is 9.59 Å². The van der Waals surface area contributed by atoms with E-state index in [2.05, 4.69) is 21.9 Å². The van der Waals surface area contributed by atoms with Crippen LogP contribution in [0.4, 0.5) is 4.79 Å². The molecule has 176 valence electrons. The summed E-state index contributed by atoms with van der Waals surface area (Å²) < 4.78 is 5.08. The number of nitrogens with one attached hydrogen (secondary N) is 3. The predicted octanol–water partition coefficient (Wildman–Crippen LogP) is -0.565. The smallest absolute Gasteiger partial charge is 0.407 e. The first kappa shape index (κ1) is 28.2. The highest BCUT2D eigenvalue weighted by atomic mass is 16.6. The van der Waals surface area contributed by atoms with Gasteiger partial charge < -0.3 is 37.3 Å². The van der Waals surface area contributed by atoms with Crippen LogP contribution >= 0.6 is 0 Å². The van der Waals surface area contributed by atoms with Gasteiger partial charge >= 0.3 is 12.1 Å². The molecule has 0 bridgehead atoms. The van der Waals surface area contributed by atoms with E-state index >= 15 is 0 Å². The SMILES string of the molecule is C#CC[C@H](NC(=O)[C@@H](N)CCNC(=O)OC(C)(C)C)C(=O)N[C@@H](CCCCN)C(=O)O. The van der Waals surface area contributed by atoms with Crippen molar-refractivity contribution in [2.24, 2.45) is 11.5 Å². The Morgan fingerprint density at radius 1 is 1.06 bits per heavy atom. The number of terminal acetylenes is 1. The van der Waals surface area contributed by atoms with Crippen molar-refractivity contribution in [3.8, 4) is 12.3 Å². The maximum atomic E-state index is 12.5. The van der Waals surface area contributed by atoms with E-state index in [1.807, 2.05) is 0 Å². The van der Waals surface area contributed by atoms with Crippen molar-refractivity contribution in [3.05, 3.63) is 0 Å². The highest BCUT2D eigenvalue weighted by molar-refractivity contribution is 5.91. The van der Waals surface area contributed by atoms with Crippen LogP contribution < -0.4 is 27.4 Å². The van der Waals surface area contributed by atoms with Crippen LogP contribution in [0.3, 0.4) is 0 Å². The highest BCUT2D eigenvalue weighted by Crippen LogP contribution is 2.06. The van der Waals surface area contributed by atoms with E-state index in [-0.39, 0.29) is 25.8 Å². The molecular weight excluding hydrogens is 406 g/mol. The number of hydrogen-bond donors (Lipinski definition) is 6. The van der Waals surface area contributed by atoms with Gasteiger partial charge in [-0.2, -0.15) is 0 Å². The summed E-state index contributed by atoms with van der Waals surface area (Å²) in [4.78, 5) is 47.7. The monoisotopic (exact) mass is 441 g/mol. The number of amides is 3. The molecule has 0 spiro atoms. The second-order valence-corrected chi connectivity index (χ2v) is 7.98. The quantitative estimate of drug-likeness (QED) is 0.162. The fraction of sp³-hybridized carbons (Fsp3) is 0.700. The Kier molecular flexibility index (Phi) is 12.9. The molecule has 0 aromatic carbocycles. The number of ether oxygens (including phenoxy) is 1. The average Bonchev–Trinajstić information content (AvgIpc) is 2.65. The molecule has 0 aromatic rings. The molecule has 11 heteroatoms. The zero-order valence-corrected chi connectivity index (χ0v) is 18.4. The van der Waals surface area contributed by atoms with E-state index in [9.17, 15) is 24.3 Å². The van der Waals surface area contributed by atoms with Crippen LogP contribution in [-0.2, 0) is 19.1 Å². The van der Waals surface area contributed by atoms with E-state index in [0.29, 0.717) is 19.4 Å². The van der Waals surface area contributed by atoms with Crippen molar-refractivity contribution in [3.63, 3.8) is 0 Å². The zero-order chi connectivity index (χ0) is 24.0. The molecule has 3 amide bonds. The molecule has 0 radical (unpaired) electrons. The lowest BCUT2D eigenvalue weighted by Gasteiger charge is -2.22. The van der Waals surface area contributed by atoms with Gasteiger partial charge in [-0.1, -0.05) is 0 Å². The Hall–Kier alpha value is -2.84. The summed E-state index contributed by atoms with van der Waals surface area (Å²) in [5.74, 6) is -0.293. The van der Waals surface area contributed by atoms with E-state index in [1.165, 1.54) is 0 Å². The Balaban J connectivity index is 4.72. The minimum Gasteiger partial charge on any atom is -0.480 e. The summed E-state index contributed by atoms with van der Waals surface area (Å²) in [7, 11) is 0. The van der Waals surface area contributed by atoms with Crippen molar-refractivity contribution in [2.75, 3.05) is 13.1 Å². The molecule has 8 N–H and O–H groups in total. The van der Waals surface area contributed by atoms with E-state index in [1.54, 1.807) is 20.8 Å². The lowest BCUT2D eigenvalue weighted by atomic mass is 10.1. The summed E-state index contributed by atoms with van der Waals surface area (Å²) in [6.07, 6.45) is 5.92. The number of carbonyl (C=O) groups excluding carboxylic acids is 3. The minimum absolute atomic E-state index is 0.0811. The van der Waals surface area contributed by atoms with Gasteiger partial charge in [0, 0.05) is 13.0 Å². The number of rotatable bonds is 13. The number of carbonyl (C=O) groups is 4. The molecule has 0 rings (SSSR count). The molecule has 3 atom stereocenters. The molecule has 0 saturated carbocycles. The molecule has 0 fully saturated rings. The molecular formula is C20H35N5O6. The van der Waals surface area contributed by atoms with Crippen molar-refractivity contribution in [2.45, 2.75) is 76.6 Å². The van der Waals surface area contributed by atoms with Gasteiger partial charge in [-0.05, 0) is 53.0 Å². The van der Waals surface area contributed by atoms with Crippen molar-refractivity contribution >= 4 is 23.9 Å². The van der Waals surface area contributed by atoms with Crippen molar-refractivity contribution in [1.29, 1.82) is 0 Å². The summed E-state index contributed by atoms with van der Waals surface area (Å²) in [5, 5.41) is 16.6. The van der Waals surface area contributed by atoms with Crippen LogP contribution in [0.15, 0.2) is 0 Å². The standard InChI is InChI=1S/C20H35N5O6/c1-5-8-14(17(27)25-15(18(28)29)9-6-7-11-21)24-16(26)13(22)10-12-23-19(30)31-20(2,3)4/h1,13-15H,6-12,21-22H2,2-4H3,(H,23,30)(H,24,26)(H,25,27)(H,28,29)/t13-,14-,15-/m0/s1. The molecule has 0 aliphatic carbocycles. The predicted molar refractivity (Wildman–Crippen MR) is 115 cm³/mol. The normalized spacial score (nSPS) is 13.8. The van der Waals surface area contributed by atoms with Crippen LogP contribution in [0.5, 0.6) is 0 Å². The van der Waals surface area contributed by atoms with Crippen LogP contribution in [0.1, 0.15) is 52.9 Å². The maximum Gasteiger partial charge on any atom is 0.407 e. The summed E-state index contributed by atoms with van der Waals surface area (Å²) in [5.41, 5.74) is 10.6. The van der Waals surface area contributed by atoms with Gasteiger partial charge in [0.1, 0.15) is 17.7 Å². The van der Waals surface area contributed by atoms with Gasteiger partial charge in [-0.15, -0.1) is 12.3 Å². The molecule has 0 aromatic heterocycles. The molecule has 0 unspecified atom stereocenters. The fourth-order valence-corrected chi connectivity index (χ4v) is 2.40. The molecule has 0 saturated heterocycles. The van der Waals surface area contributed by atoms with Crippen LogP contribution in [0.25, 0.3) is 0 Å². The minimum atomic E-state index is -1.19. The molecule has 11 nitrogen and oxygen atoms in total. The number of hydrogen-bond acceptors (Lipinski definition) is 7. The van der Waals surface area contributed by atoms with Gasteiger partial charge in [0.05, 0.1) is 6.04 Å². The van der Waals surface area contributed by atoms with E-state index in [4.69, 9.17) is 22.6 Å². The first-order valence-corrected chi connectivity index (χ1v) is 10.1. The van der Waals surface area contributed by atoms with Crippen molar-refractivity contribution < 1.29 is 29.0 Å². The Labute approximate surface area is 183 Å². The number of carboxylic acids is 1. The van der Waals surface area contributed by atoms with Gasteiger partial charge in [0.2, 0.25) is 11.8 Å². The third kappa shape index (κ3) is 13.1. The topological polar surface area (TPSA) is 186 Å². The summed E-state index contributed by atoms with van der Waals surface area (Å²) in [6, 6.07) is -3.29. The first-order chi connectivity index (χ1) is 14.4. The molecule has 31 heavy (non-hydrogen) atoms. The van der Waals surface area contributed by atoms with Gasteiger partial charge in [0.25, 0.3) is 0 Å². The zero-order valence-electron chi connectivity index (χ0n) is 18.4. The molecule has 0 heterocycles. The molecule has 0 aliphatic rings. The number of carboxylic acid groups (broad SMARTS) is 1. The van der Waals surface area contributed by atoms with Crippen LogP contribution in [0.2, 0.25) is 0 Å². The van der Waals surface area contributed by atoms with E-state index in [0.717, 1.165) is 0 Å². The third-order valence-electron chi connectivity index (χ3n) is 3.98. The van der Waals surface area contributed by atoms with Gasteiger partial charge in [0.15, 0.2) is 0 Å². The second kappa shape index (κ2) is 14.2. The highest BCUT2D eigenvalue weighted by Gasteiger charge is 2.27. The Morgan fingerprint density at radius 3 is 2.19 bits per heavy atom. The van der Waals surface area contributed by atoms with Crippen LogP contribution in [-0.4, -0.2) is 65.8 Å². The van der Waals surface area contributed by atoms with Crippen molar-refractivity contribution in [1.82, 2.24) is 16.0 Å². The fourth-order valence-electron chi connectivity index (χ4n) is 2.40. The Bertz CT molecular complexity index is 655. The second-order valence-electron chi connectivity index (χ2n) is 7.98. The number of alkyl carbamates (subject to hydrolysis) is 1. The average molecular weight is 442 g/mol. The largest absolute Gasteiger partial charge is 0.480 e. The maximum absolute atomic E-state index is 12.5. The Morgan fingerprint density at radius 2 is 1.68 bits per heavy atom. The summed E-state index contributed by atoms with van der Waals surface area (Å²) in [6.45, 7) is 5.65. The van der Waals surface area contributed by atoms with Crippen LogP contribution in [0, 0.1) is 12.3 Å². The van der Waals surface area contributed by atoms with E-state index < -0.39 is 47.6 Å². The first-order valence-electron chi connectivity index (χ1n) is 10.1. The lowest BCUT2D eigenvalue weighted by Crippen LogP contribution is -2.54. The number of nitrogens with two attached hydrogens (primary N) is 2. The number of unbranched alkanes of at least 4 members (excludes halogenated alkanes) is 1. The third-order valence-corrected chi connectivity index (χ3v) is 3.98.